The van der Waals surface area contributed by atoms with Gasteiger partial charge in [0.1, 0.15) is 12.4 Å². The van der Waals surface area contributed by atoms with E-state index in [-0.39, 0.29) is 36.2 Å². The smallest absolute Gasteiger partial charge is 0.343 e. The molecule has 3 atom stereocenters. The second-order valence-electron chi connectivity index (χ2n) is 9.14. The molecule has 0 aromatic carbocycles. The second-order valence-corrected chi connectivity index (χ2v) is 9.14. The number of ether oxygens (including phenoxy) is 1. The Hall–Kier alpha value is -2.80. The lowest BCUT2D eigenvalue weighted by Crippen LogP contribution is -2.44. The first-order valence-corrected chi connectivity index (χ1v) is 10.9. The summed E-state index contributed by atoms with van der Waals surface area (Å²) in [6.45, 7) is 3.87. The van der Waals surface area contributed by atoms with Gasteiger partial charge in [-0.15, -0.1) is 0 Å². The van der Waals surface area contributed by atoms with E-state index in [1.165, 1.54) is 11.6 Å². The van der Waals surface area contributed by atoms with Gasteiger partial charge in [-0.3, -0.25) is 4.79 Å². The van der Waals surface area contributed by atoms with Crippen LogP contribution in [0.5, 0.6) is 0 Å². The molecule has 0 bridgehead atoms. The van der Waals surface area contributed by atoms with Crippen molar-refractivity contribution in [1.82, 2.24) is 9.55 Å². The molecule has 0 fully saturated rings. The van der Waals surface area contributed by atoms with Crippen LogP contribution in [-0.4, -0.2) is 20.6 Å². The number of carbonyl (C=O) groups is 1. The van der Waals surface area contributed by atoms with Crippen LogP contribution < -0.4 is 5.56 Å². The Labute approximate surface area is 178 Å². The first kappa shape index (κ1) is 18.9. The molecule has 4 heterocycles. The summed E-state index contributed by atoms with van der Waals surface area (Å²) in [4.78, 5) is 30.5. The highest BCUT2D eigenvalue weighted by Crippen LogP contribution is 2.49. The Morgan fingerprint density at radius 2 is 2.13 bits per heavy atom. The average Bonchev–Trinajstić information content (AvgIpc) is 3.14. The normalized spacial score (nSPS) is 27.6. The summed E-state index contributed by atoms with van der Waals surface area (Å²) in [5, 5.41) is 11.0. The number of esters is 1. The summed E-state index contributed by atoms with van der Waals surface area (Å²) in [7, 11) is 0. The number of cyclic esters (lactones) is 1. The van der Waals surface area contributed by atoms with E-state index in [4.69, 9.17) is 9.72 Å². The molecule has 7 heteroatoms. The Morgan fingerprint density at radius 3 is 2.90 bits per heavy atom. The highest BCUT2D eigenvalue weighted by Gasteiger charge is 2.46. The molecule has 0 radical (unpaired) electrons. The van der Waals surface area contributed by atoms with E-state index in [2.05, 4.69) is 0 Å². The molecule has 0 saturated carbocycles. The third kappa shape index (κ3) is 2.27. The number of aliphatic hydroxyl groups is 1. The summed E-state index contributed by atoms with van der Waals surface area (Å²) in [5.41, 5.74) is 3.72. The lowest BCUT2D eigenvalue weighted by atomic mass is 9.71. The summed E-state index contributed by atoms with van der Waals surface area (Å²) in [6, 6.07) is 1.71. The van der Waals surface area contributed by atoms with E-state index in [0.717, 1.165) is 30.4 Å². The predicted octanol–water partition coefficient (Wildman–Crippen LogP) is 3.31. The van der Waals surface area contributed by atoms with Crippen LogP contribution in [0, 0.1) is 5.92 Å². The third-order valence-corrected chi connectivity index (χ3v) is 7.71. The molecule has 1 N–H and O–H groups in total. The molecule has 31 heavy (non-hydrogen) atoms. The topological polar surface area (TPSA) is 81.4 Å². The summed E-state index contributed by atoms with van der Waals surface area (Å²) >= 11 is 0. The zero-order chi connectivity index (χ0) is 21.7. The predicted molar refractivity (Wildman–Crippen MR) is 111 cm³/mol. The van der Waals surface area contributed by atoms with Crippen molar-refractivity contribution in [2.75, 3.05) is 0 Å². The first-order chi connectivity index (χ1) is 14.8. The number of hydrogen-bond donors (Lipinski definition) is 1. The van der Waals surface area contributed by atoms with Crippen molar-refractivity contribution < 1.29 is 19.0 Å². The molecule has 0 amide bonds. The van der Waals surface area contributed by atoms with Crippen LogP contribution >= 0.6 is 0 Å². The van der Waals surface area contributed by atoms with E-state index < -0.39 is 11.6 Å². The minimum absolute atomic E-state index is 0.102. The number of carbonyl (C=O) groups excluding carboxylic acids is 1. The second kappa shape index (κ2) is 6.13. The van der Waals surface area contributed by atoms with E-state index in [1.54, 1.807) is 17.6 Å². The third-order valence-electron chi connectivity index (χ3n) is 7.71. The van der Waals surface area contributed by atoms with Crippen LogP contribution in [0.15, 0.2) is 16.7 Å². The van der Waals surface area contributed by atoms with Crippen molar-refractivity contribution in [3.05, 3.63) is 55.8 Å². The number of halogens is 1. The molecule has 160 valence electrons. The van der Waals surface area contributed by atoms with E-state index in [9.17, 15) is 19.1 Å². The molecule has 2 aliphatic carbocycles. The van der Waals surface area contributed by atoms with Gasteiger partial charge in [-0.25, -0.2) is 14.2 Å². The van der Waals surface area contributed by atoms with Gasteiger partial charge in [-0.05, 0) is 54.9 Å². The molecule has 0 spiro atoms. The van der Waals surface area contributed by atoms with Crippen molar-refractivity contribution in [1.29, 1.82) is 0 Å². The molecular weight excluding hydrogens is 399 g/mol. The number of rotatable bonds is 1. The lowest BCUT2D eigenvalue weighted by Gasteiger charge is -2.35. The van der Waals surface area contributed by atoms with Crippen LogP contribution in [0.3, 0.4) is 0 Å². The maximum atomic E-state index is 14.7. The summed E-state index contributed by atoms with van der Waals surface area (Å²) in [5.74, 6) is -0.929. The van der Waals surface area contributed by atoms with Crippen molar-refractivity contribution in [2.45, 2.75) is 64.2 Å². The molecule has 2 aromatic rings. The van der Waals surface area contributed by atoms with Crippen LogP contribution in [-0.2, 0) is 34.7 Å². The maximum absolute atomic E-state index is 14.7. The molecular formula is C24H23FN2O4. The fourth-order valence-corrected chi connectivity index (χ4v) is 5.91. The van der Waals surface area contributed by atoms with E-state index in [0.29, 0.717) is 34.8 Å². The van der Waals surface area contributed by atoms with Gasteiger partial charge in [0, 0.05) is 17.0 Å². The van der Waals surface area contributed by atoms with E-state index in [1.807, 2.05) is 6.92 Å². The lowest BCUT2D eigenvalue weighted by molar-refractivity contribution is -0.172. The van der Waals surface area contributed by atoms with Crippen LogP contribution in [0.1, 0.15) is 72.5 Å². The number of pyridine rings is 2. The summed E-state index contributed by atoms with van der Waals surface area (Å²) in [6.07, 6.45) is 4.43. The number of nitrogens with zero attached hydrogens (tertiary/aromatic N) is 2. The largest absolute Gasteiger partial charge is 0.458 e. The Bertz CT molecular complexity index is 1280. The Kier molecular flexibility index (Phi) is 3.74. The summed E-state index contributed by atoms with van der Waals surface area (Å²) < 4.78 is 21.4. The van der Waals surface area contributed by atoms with Gasteiger partial charge in [0.2, 0.25) is 0 Å². The van der Waals surface area contributed by atoms with Crippen molar-refractivity contribution in [2.24, 2.45) is 5.92 Å². The van der Waals surface area contributed by atoms with Gasteiger partial charge < -0.3 is 14.4 Å². The monoisotopic (exact) mass is 422 g/mol. The van der Waals surface area contributed by atoms with Gasteiger partial charge in [0.05, 0.1) is 29.2 Å². The maximum Gasteiger partial charge on any atom is 0.343 e. The Morgan fingerprint density at radius 1 is 1.32 bits per heavy atom. The Balaban J connectivity index is 1.63. The van der Waals surface area contributed by atoms with Crippen molar-refractivity contribution >= 4 is 12.0 Å². The number of aromatic nitrogens is 2. The van der Waals surface area contributed by atoms with Gasteiger partial charge in [0.25, 0.3) is 5.56 Å². The van der Waals surface area contributed by atoms with Gasteiger partial charge in [-0.2, -0.15) is 0 Å². The first-order valence-electron chi connectivity index (χ1n) is 10.9. The minimum atomic E-state index is -1.85. The van der Waals surface area contributed by atoms with Crippen LogP contribution in [0.25, 0.3) is 17.5 Å². The zero-order valence-electron chi connectivity index (χ0n) is 17.5. The van der Waals surface area contributed by atoms with Gasteiger partial charge in [-0.1, -0.05) is 13.8 Å². The molecule has 2 unspecified atom stereocenters. The SMILES string of the molecule is CC[C@@]1(O)C(=O)OCc2c1cc1n(c2=O)Cc2c-1nc1c3c2CCCC3C(C)C(F)=C1. The van der Waals surface area contributed by atoms with Crippen molar-refractivity contribution in [3.8, 4) is 11.4 Å². The zero-order valence-corrected chi connectivity index (χ0v) is 17.5. The molecule has 6 rings (SSSR count). The van der Waals surface area contributed by atoms with Crippen LogP contribution in [0.4, 0.5) is 4.39 Å². The highest BCUT2D eigenvalue weighted by molar-refractivity contribution is 5.84. The molecule has 2 aliphatic heterocycles. The van der Waals surface area contributed by atoms with Gasteiger partial charge in [0.15, 0.2) is 5.60 Å². The highest BCUT2D eigenvalue weighted by atomic mass is 19.1. The molecule has 0 saturated heterocycles. The fraction of sp³-hybridized carbons (Fsp3) is 0.458. The standard InChI is InChI=1S/C24H23FN2O4/c1-3-24(30)16-7-19-21-14(9-27(19)22(28)15(16)10-31-23(24)29)13-6-4-5-12-11(2)17(25)8-18(26-21)20(12)13/h7-8,11-12,30H,3-6,9-10H2,1-2H3/t11?,12?,24-/m0/s1. The fourth-order valence-electron chi connectivity index (χ4n) is 5.91. The molecule has 2 aromatic heterocycles. The van der Waals surface area contributed by atoms with Crippen LogP contribution in [0.2, 0.25) is 0 Å². The number of hydrogen-bond acceptors (Lipinski definition) is 5. The number of fused-ring (bicyclic) bond motifs is 5. The quantitative estimate of drug-likeness (QED) is 0.609. The molecule has 4 aliphatic rings. The van der Waals surface area contributed by atoms with E-state index >= 15 is 0 Å². The minimum Gasteiger partial charge on any atom is -0.458 e. The number of allylic oxidation sites excluding steroid dienone is 1. The van der Waals surface area contributed by atoms with Crippen molar-refractivity contribution in [3.63, 3.8) is 0 Å². The average molecular weight is 422 g/mol. The van der Waals surface area contributed by atoms with Gasteiger partial charge >= 0.3 is 5.97 Å². The molecule has 6 nitrogen and oxygen atoms in total.